The summed E-state index contributed by atoms with van der Waals surface area (Å²) in [6, 6.07) is 11.2. The monoisotopic (exact) mass is 334 g/mol. The first-order valence-electron chi connectivity index (χ1n) is 6.99. The van der Waals surface area contributed by atoms with Gasteiger partial charge in [-0.1, -0.05) is 18.2 Å². The number of hydrogen-bond acceptors (Lipinski definition) is 3. The Bertz CT molecular complexity index is 377. The molecule has 5 heteroatoms. The zero-order chi connectivity index (χ0) is 12.4. The van der Waals surface area contributed by atoms with Gasteiger partial charge in [-0.05, 0) is 36.8 Å². The van der Waals surface area contributed by atoms with Gasteiger partial charge in [-0.15, -0.1) is 36.6 Å². The average Bonchev–Trinajstić information content (AvgIpc) is 2.64. The number of hydrogen-bond donors (Lipinski definition) is 1. The minimum Gasteiger partial charge on any atom is -0.327 e. The molecule has 3 atom stereocenters. The standard InChI is InChI=1S/C15H22N2S.2ClH/c16-15-12-6-7-13(15)11-17(10-12)8-9-18-14-4-2-1-3-5-14;;/h1-5,12-13,15H,6-11,16H2;2*1H/t12-,13+,15?;;. The Morgan fingerprint density at radius 2 is 1.65 bits per heavy atom. The van der Waals surface area contributed by atoms with Gasteiger partial charge >= 0.3 is 0 Å². The van der Waals surface area contributed by atoms with Crippen molar-refractivity contribution in [3.63, 3.8) is 0 Å². The average molecular weight is 335 g/mol. The zero-order valence-corrected chi connectivity index (χ0v) is 14.1. The number of nitrogens with two attached hydrogens (primary N) is 1. The van der Waals surface area contributed by atoms with Crippen LogP contribution in [0.5, 0.6) is 0 Å². The summed E-state index contributed by atoms with van der Waals surface area (Å²) in [5, 5.41) is 0. The van der Waals surface area contributed by atoms with Gasteiger partial charge in [0.05, 0.1) is 0 Å². The minimum absolute atomic E-state index is 0. The van der Waals surface area contributed by atoms with Crippen molar-refractivity contribution in [2.24, 2.45) is 17.6 Å². The highest BCUT2D eigenvalue weighted by atomic mass is 35.5. The van der Waals surface area contributed by atoms with Crippen LogP contribution in [-0.2, 0) is 0 Å². The lowest BCUT2D eigenvalue weighted by Crippen LogP contribution is -2.49. The molecule has 1 aromatic carbocycles. The second kappa shape index (κ2) is 8.50. The van der Waals surface area contributed by atoms with Crippen LogP contribution in [0.2, 0.25) is 0 Å². The molecular weight excluding hydrogens is 311 g/mol. The van der Waals surface area contributed by atoms with Crippen molar-refractivity contribution in [1.29, 1.82) is 0 Å². The van der Waals surface area contributed by atoms with Crippen LogP contribution < -0.4 is 5.73 Å². The van der Waals surface area contributed by atoms with Gasteiger partial charge in [0.15, 0.2) is 0 Å². The summed E-state index contributed by atoms with van der Waals surface area (Å²) in [4.78, 5) is 4.01. The molecule has 1 aromatic rings. The molecule has 0 aromatic heterocycles. The summed E-state index contributed by atoms with van der Waals surface area (Å²) in [6.45, 7) is 3.67. The van der Waals surface area contributed by atoms with Crippen LogP contribution >= 0.6 is 36.6 Å². The molecule has 2 aliphatic rings. The molecule has 1 aliphatic heterocycles. The van der Waals surface area contributed by atoms with E-state index in [1.54, 1.807) is 0 Å². The molecule has 20 heavy (non-hydrogen) atoms. The van der Waals surface area contributed by atoms with Crippen molar-refractivity contribution in [2.75, 3.05) is 25.4 Å². The molecular formula is C15H24Cl2N2S. The van der Waals surface area contributed by atoms with Crippen molar-refractivity contribution in [2.45, 2.75) is 23.8 Å². The largest absolute Gasteiger partial charge is 0.327 e. The van der Waals surface area contributed by atoms with Crippen LogP contribution in [0.3, 0.4) is 0 Å². The highest BCUT2D eigenvalue weighted by molar-refractivity contribution is 7.99. The van der Waals surface area contributed by atoms with Crippen molar-refractivity contribution in [3.8, 4) is 0 Å². The van der Waals surface area contributed by atoms with Crippen molar-refractivity contribution < 1.29 is 0 Å². The lowest BCUT2D eigenvalue weighted by atomic mass is 9.93. The molecule has 3 rings (SSSR count). The predicted octanol–water partition coefficient (Wildman–Crippen LogP) is 3.29. The summed E-state index contributed by atoms with van der Waals surface area (Å²) in [5.74, 6) is 2.73. The van der Waals surface area contributed by atoms with Crippen molar-refractivity contribution >= 4 is 36.6 Å². The van der Waals surface area contributed by atoms with E-state index in [2.05, 4.69) is 35.2 Å². The lowest BCUT2D eigenvalue weighted by Gasteiger charge is -2.36. The summed E-state index contributed by atoms with van der Waals surface area (Å²) in [6.07, 6.45) is 2.71. The number of likely N-dealkylation sites (tertiary alicyclic amines) is 1. The quantitative estimate of drug-likeness (QED) is 0.856. The molecule has 2 fully saturated rings. The van der Waals surface area contributed by atoms with E-state index >= 15 is 0 Å². The van der Waals surface area contributed by atoms with E-state index in [9.17, 15) is 0 Å². The fourth-order valence-corrected chi connectivity index (χ4v) is 4.29. The van der Waals surface area contributed by atoms with E-state index in [0.717, 1.165) is 11.8 Å². The topological polar surface area (TPSA) is 29.3 Å². The number of fused-ring (bicyclic) bond motifs is 2. The van der Waals surface area contributed by atoms with Gasteiger partial charge in [0.25, 0.3) is 0 Å². The Hall–Kier alpha value is 0.0700. The molecule has 1 saturated carbocycles. The fraction of sp³-hybridized carbons (Fsp3) is 0.600. The zero-order valence-electron chi connectivity index (χ0n) is 11.6. The van der Waals surface area contributed by atoms with Gasteiger partial charge in [-0.3, -0.25) is 0 Å². The highest BCUT2D eigenvalue weighted by Crippen LogP contribution is 2.35. The maximum Gasteiger partial charge on any atom is 0.0120 e. The molecule has 114 valence electrons. The van der Waals surface area contributed by atoms with Gasteiger partial charge in [-0.2, -0.15) is 0 Å². The molecule has 0 spiro atoms. The van der Waals surface area contributed by atoms with Crippen LogP contribution in [-0.4, -0.2) is 36.3 Å². The third-order valence-corrected chi connectivity index (χ3v) is 5.39. The van der Waals surface area contributed by atoms with E-state index < -0.39 is 0 Å². The van der Waals surface area contributed by atoms with Crippen molar-refractivity contribution in [3.05, 3.63) is 30.3 Å². The Kier molecular flexibility index (Phi) is 7.70. The minimum atomic E-state index is 0. The summed E-state index contributed by atoms with van der Waals surface area (Å²) in [7, 11) is 0. The van der Waals surface area contributed by atoms with Crippen LogP contribution in [0, 0.1) is 11.8 Å². The molecule has 0 amide bonds. The molecule has 1 unspecified atom stereocenters. The molecule has 1 aliphatic carbocycles. The molecule has 1 saturated heterocycles. The third kappa shape index (κ3) is 4.28. The Morgan fingerprint density at radius 1 is 1.05 bits per heavy atom. The number of thioether (sulfide) groups is 1. The molecule has 2 N–H and O–H groups in total. The van der Waals surface area contributed by atoms with Gasteiger partial charge in [0.1, 0.15) is 0 Å². The lowest BCUT2D eigenvalue weighted by molar-refractivity contribution is 0.155. The maximum atomic E-state index is 6.23. The second-order valence-corrected chi connectivity index (χ2v) is 6.76. The normalized spacial score (nSPS) is 28.6. The number of halogens is 2. The number of nitrogens with zero attached hydrogens (tertiary/aromatic N) is 1. The Balaban J connectivity index is 0.000001000. The summed E-state index contributed by atoms with van der Waals surface area (Å²) < 4.78 is 0. The molecule has 2 bridgehead atoms. The molecule has 0 radical (unpaired) electrons. The first-order chi connectivity index (χ1) is 8.83. The third-order valence-electron chi connectivity index (χ3n) is 4.40. The van der Waals surface area contributed by atoms with E-state index in [1.165, 1.54) is 43.1 Å². The van der Waals surface area contributed by atoms with Crippen LogP contribution in [0.4, 0.5) is 0 Å². The maximum absolute atomic E-state index is 6.23. The van der Waals surface area contributed by atoms with Crippen LogP contribution in [0.15, 0.2) is 35.2 Å². The summed E-state index contributed by atoms with van der Waals surface area (Å²) >= 11 is 1.96. The van der Waals surface area contributed by atoms with Gasteiger partial charge in [0, 0.05) is 36.3 Å². The van der Waals surface area contributed by atoms with E-state index in [-0.39, 0.29) is 24.8 Å². The van der Waals surface area contributed by atoms with E-state index in [4.69, 9.17) is 5.73 Å². The first kappa shape index (κ1) is 18.1. The Morgan fingerprint density at radius 3 is 2.25 bits per heavy atom. The fourth-order valence-electron chi connectivity index (χ4n) is 3.35. The highest BCUT2D eigenvalue weighted by Gasteiger charge is 2.39. The van der Waals surface area contributed by atoms with Crippen LogP contribution in [0.25, 0.3) is 0 Å². The second-order valence-electron chi connectivity index (χ2n) is 5.60. The van der Waals surface area contributed by atoms with Crippen LogP contribution in [0.1, 0.15) is 12.8 Å². The first-order valence-corrected chi connectivity index (χ1v) is 7.97. The Labute approximate surface area is 138 Å². The van der Waals surface area contributed by atoms with Crippen molar-refractivity contribution in [1.82, 2.24) is 4.90 Å². The van der Waals surface area contributed by atoms with Gasteiger partial charge < -0.3 is 10.6 Å². The van der Waals surface area contributed by atoms with Gasteiger partial charge in [-0.25, -0.2) is 0 Å². The number of rotatable bonds is 4. The summed E-state index contributed by atoms with van der Waals surface area (Å²) in [5.41, 5.74) is 6.23. The number of piperidine rings is 1. The van der Waals surface area contributed by atoms with E-state index in [1.807, 2.05) is 11.8 Å². The molecule has 2 nitrogen and oxygen atoms in total. The van der Waals surface area contributed by atoms with E-state index in [0.29, 0.717) is 6.04 Å². The van der Waals surface area contributed by atoms with Gasteiger partial charge in [0.2, 0.25) is 0 Å². The number of benzene rings is 1. The smallest absolute Gasteiger partial charge is 0.0120 e. The predicted molar refractivity (Wildman–Crippen MR) is 92.3 cm³/mol. The molecule has 1 heterocycles. The SMILES string of the molecule is Cl.Cl.NC1[C@@H]2CC[C@H]1CN(CCSc1ccccc1)C2.